The highest BCUT2D eigenvalue weighted by atomic mass is 35.5. The van der Waals surface area contributed by atoms with Crippen molar-refractivity contribution < 1.29 is 0 Å². The highest BCUT2D eigenvalue weighted by Crippen LogP contribution is 2.26. The molecule has 1 unspecified atom stereocenters. The highest BCUT2D eigenvalue weighted by Gasteiger charge is 2.09. The molecule has 0 aliphatic rings. The second-order valence-electron chi connectivity index (χ2n) is 5.20. The zero-order valence-electron chi connectivity index (χ0n) is 11.6. The van der Waals surface area contributed by atoms with E-state index in [-0.39, 0.29) is 6.04 Å². The number of hydrogen-bond acceptors (Lipinski definition) is 1. The van der Waals surface area contributed by atoms with E-state index in [9.17, 15) is 0 Å². The van der Waals surface area contributed by atoms with Crippen LogP contribution in [-0.4, -0.2) is 6.04 Å². The van der Waals surface area contributed by atoms with E-state index >= 15 is 0 Å². The summed E-state index contributed by atoms with van der Waals surface area (Å²) in [5, 5.41) is 1.22. The average Bonchev–Trinajstić information content (AvgIpc) is 2.43. The Labute approximate surface area is 130 Å². The smallest absolute Gasteiger partial charge is 0.0624 e. The quantitative estimate of drug-likeness (QED) is 0.843. The van der Waals surface area contributed by atoms with E-state index in [2.05, 4.69) is 31.2 Å². The molecule has 2 aromatic rings. The van der Waals surface area contributed by atoms with Gasteiger partial charge < -0.3 is 5.73 Å². The molecule has 0 amide bonds. The fourth-order valence-electron chi connectivity index (χ4n) is 2.20. The molecule has 0 aliphatic heterocycles. The van der Waals surface area contributed by atoms with Crippen molar-refractivity contribution in [3.05, 3.63) is 69.2 Å². The number of nitrogens with two attached hydrogens (primary N) is 1. The summed E-state index contributed by atoms with van der Waals surface area (Å²) >= 11 is 12.2. The molecule has 1 atom stereocenters. The van der Waals surface area contributed by atoms with Gasteiger partial charge in [0.1, 0.15) is 0 Å². The molecule has 0 radical (unpaired) electrons. The summed E-state index contributed by atoms with van der Waals surface area (Å²) in [5.41, 5.74) is 9.83. The molecule has 20 heavy (non-hydrogen) atoms. The van der Waals surface area contributed by atoms with Gasteiger partial charge in [-0.05, 0) is 43.4 Å². The lowest BCUT2D eigenvalue weighted by Crippen LogP contribution is -2.23. The van der Waals surface area contributed by atoms with Crippen molar-refractivity contribution in [3.8, 4) is 0 Å². The zero-order chi connectivity index (χ0) is 14.5. The third-order valence-electron chi connectivity index (χ3n) is 3.44. The topological polar surface area (TPSA) is 26.0 Å². The summed E-state index contributed by atoms with van der Waals surface area (Å²) < 4.78 is 0. The second-order valence-corrected chi connectivity index (χ2v) is 5.99. The van der Waals surface area contributed by atoms with Gasteiger partial charge in [-0.3, -0.25) is 0 Å². The van der Waals surface area contributed by atoms with Crippen LogP contribution in [0.15, 0.2) is 42.5 Å². The molecular formula is C17H19Cl2N. The molecule has 106 valence electrons. The predicted octanol–water partition coefficient (Wildman–Crippen LogP) is 4.80. The van der Waals surface area contributed by atoms with E-state index < -0.39 is 0 Å². The van der Waals surface area contributed by atoms with Crippen molar-refractivity contribution in [3.63, 3.8) is 0 Å². The van der Waals surface area contributed by atoms with Crippen LogP contribution in [0.4, 0.5) is 0 Å². The first-order valence-electron chi connectivity index (χ1n) is 6.80. The second kappa shape index (κ2) is 7.12. The minimum absolute atomic E-state index is 0.0901. The van der Waals surface area contributed by atoms with Crippen molar-refractivity contribution in [2.75, 3.05) is 0 Å². The van der Waals surface area contributed by atoms with Crippen molar-refractivity contribution in [1.82, 2.24) is 0 Å². The largest absolute Gasteiger partial charge is 0.327 e. The standard InChI is InChI=1S/C17H19Cl2N/c1-12-5-7-13(8-6-12)9-10-15(20)11-14-3-2-4-16(18)17(14)19/h2-8,15H,9-11,20H2,1H3. The highest BCUT2D eigenvalue weighted by molar-refractivity contribution is 6.42. The van der Waals surface area contributed by atoms with E-state index in [1.54, 1.807) is 6.07 Å². The van der Waals surface area contributed by atoms with Gasteiger partial charge in [0.25, 0.3) is 0 Å². The molecule has 2 rings (SSSR count). The first kappa shape index (κ1) is 15.4. The third kappa shape index (κ3) is 4.24. The molecule has 0 spiro atoms. The number of rotatable bonds is 5. The van der Waals surface area contributed by atoms with Crippen LogP contribution >= 0.6 is 23.2 Å². The molecule has 1 nitrogen and oxygen atoms in total. The van der Waals surface area contributed by atoms with Gasteiger partial charge in [-0.2, -0.15) is 0 Å². The molecule has 0 heterocycles. The number of aryl methyl sites for hydroxylation is 2. The van der Waals surface area contributed by atoms with Gasteiger partial charge in [-0.25, -0.2) is 0 Å². The Bertz CT molecular complexity index is 564. The van der Waals surface area contributed by atoms with E-state index in [0.717, 1.165) is 24.8 Å². The average molecular weight is 308 g/mol. The van der Waals surface area contributed by atoms with Gasteiger partial charge in [0.2, 0.25) is 0 Å². The normalized spacial score (nSPS) is 12.4. The summed E-state index contributed by atoms with van der Waals surface area (Å²) in [7, 11) is 0. The Morgan fingerprint density at radius 1 is 1.05 bits per heavy atom. The van der Waals surface area contributed by atoms with Gasteiger partial charge in [0, 0.05) is 6.04 Å². The van der Waals surface area contributed by atoms with Crippen LogP contribution in [0.5, 0.6) is 0 Å². The van der Waals surface area contributed by atoms with Crippen LogP contribution in [0.2, 0.25) is 10.0 Å². The van der Waals surface area contributed by atoms with Gasteiger partial charge in [0.05, 0.1) is 10.0 Å². The Hall–Kier alpha value is -1.02. The van der Waals surface area contributed by atoms with Crippen LogP contribution in [0, 0.1) is 6.92 Å². The van der Waals surface area contributed by atoms with E-state index in [0.29, 0.717) is 10.0 Å². The molecule has 0 saturated heterocycles. The molecule has 0 aromatic heterocycles. The maximum Gasteiger partial charge on any atom is 0.0624 e. The number of hydrogen-bond donors (Lipinski definition) is 1. The molecule has 2 aromatic carbocycles. The molecule has 0 bridgehead atoms. The molecular weight excluding hydrogens is 289 g/mol. The van der Waals surface area contributed by atoms with E-state index in [1.165, 1.54) is 11.1 Å². The summed E-state index contributed by atoms with van der Waals surface area (Å²) in [6.07, 6.45) is 2.68. The fraction of sp³-hybridized carbons (Fsp3) is 0.294. The monoisotopic (exact) mass is 307 g/mol. The predicted molar refractivity (Wildman–Crippen MR) is 87.6 cm³/mol. The van der Waals surface area contributed by atoms with Crippen LogP contribution in [-0.2, 0) is 12.8 Å². The number of halogens is 2. The Morgan fingerprint density at radius 2 is 1.75 bits per heavy atom. The summed E-state index contributed by atoms with van der Waals surface area (Å²) in [6.45, 7) is 2.09. The van der Waals surface area contributed by atoms with Gasteiger partial charge >= 0.3 is 0 Å². The fourth-order valence-corrected chi connectivity index (χ4v) is 2.59. The first-order chi connectivity index (χ1) is 9.56. The van der Waals surface area contributed by atoms with Crippen LogP contribution in [0.25, 0.3) is 0 Å². The van der Waals surface area contributed by atoms with Crippen LogP contribution < -0.4 is 5.73 Å². The van der Waals surface area contributed by atoms with Crippen LogP contribution in [0.1, 0.15) is 23.1 Å². The molecule has 0 aliphatic carbocycles. The first-order valence-corrected chi connectivity index (χ1v) is 7.56. The minimum Gasteiger partial charge on any atom is -0.327 e. The van der Waals surface area contributed by atoms with Gasteiger partial charge in [0.15, 0.2) is 0 Å². The van der Waals surface area contributed by atoms with Crippen molar-refractivity contribution >= 4 is 23.2 Å². The Kier molecular flexibility index (Phi) is 5.47. The third-order valence-corrected chi connectivity index (χ3v) is 4.30. The number of benzene rings is 2. The lowest BCUT2D eigenvalue weighted by molar-refractivity contribution is 0.610. The Balaban J connectivity index is 1.91. The van der Waals surface area contributed by atoms with E-state index in [1.807, 2.05) is 12.1 Å². The molecule has 3 heteroatoms. The maximum absolute atomic E-state index is 6.20. The van der Waals surface area contributed by atoms with Crippen molar-refractivity contribution in [2.45, 2.75) is 32.2 Å². The SMILES string of the molecule is Cc1ccc(CCC(N)Cc2cccc(Cl)c2Cl)cc1. The zero-order valence-corrected chi connectivity index (χ0v) is 13.1. The van der Waals surface area contributed by atoms with E-state index in [4.69, 9.17) is 28.9 Å². The summed E-state index contributed by atoms with van der Waals surface area (Å²) in [6, 6.07) is 14.4. The lowest BCUT2D eigenvalue weighted by atomic mass is 9.99. The van der Waals surface area contributed by atoms with Gasteiger partial charge in [-0.15, -0.1) is 0 Å². The van der Waals surface area contributed by atoms with Crippen molar-refractivity contribution in [1.29, 1.82) is 0 Å². The molecule has 0 saturated carbocycles. The Morgan fingerprint density at radius 3 is 2.45 bits per heavy atom. The lowest BCUT2D eigenvalue weighted by Gasteiger charge is -2.13. The maximum atomic E-state index is 6.20. The minimum atomic E-state index is 0.0901. The summed E-state index contributed by atoms with van der Waals surface area (Å²) in [5.74, 6) is 0. The van der Waals surface area contributed by atoms with Crippen LogP contribution in [0.3, 0.4) is 0 Å². The molecule has 0 fully saturated rings. The molecule has 2 N–H and O–H groups in total. The summed E-state index contributed by atoms with van der Waals surface area (Å²) in [4.78, 5) is 0. The van der Waals surface area contributed by atoms with Gasteiger partial charge in [-0.1, -0.05) is 65.2 Å². The van der Waals surface area contributed by atoms with Crippen molar-refractivity contribution in [2.24, 2.45) is 5.73 Å².